The fourth-order valence-electron chi connectivity index (χ4n) is 2.95. The van der Waals surface area contributed by atoms with E-state index >= 15 is 0 Å². The minimum atomic E-state index is -0.377. The van der Waals surface area contributed by atoms with E-state index in [0.717, 1.165) is 28.3 Å². The van der Waals surface area contributed by atoms with E-state index in [4.69, 9.17) is 14.2 Å². The molecule has 1 atom stereocenters. The second kappa shape index (κ2) is 8.45. The number of hydrogen-bond donors (Lipinski definition) is 0. The highest BCUT2D eigenvalue weighted by atomic mass is 16.6. The van der Waals surface area contributed by atoms with Gasteiger partial charge in [0, 0.05) is 5.56 Å². The molecular weight excluding hydrogens is 342 g/mol. The van der Waals surface area contributed by atoms with Crippen LogP contribution in [0.2, 0.25) is 0 Å². The first-order chi connectivity index (χ1) is 13.2. The molecule has 140 valence electrons. The third-order valence-corrected chi connectivity index (χ3v) is 4.33. The molecule has 0 saturated carbocycles. The molecular formula is C22H23NO4. The molecule has 1 aliphatic heterocycles. The maximum absolute atomic E-state index is 12.6. The Morgan fingerprint density at radius 2 is 1.78 bits per heavy atom. The van der Waals surface area contributed by atoms with E-state index in [0.29, 0.717) is 6.61 Å². The number of fused-ring (bicyclic) bond motifs is 1. The van der Waals surface area contributed by atoms with Gasteiger partial charge in [-0.1, -0.05) is 36.4 Å². The molecule has 0 spiro atoms. The molecule has 1 heterocycles. The fraction of sp³-hybridized carbons (Fsp3) is 0.227. The van der Waals surface area contributed by atoms with Gasteiger partial charge in [0.05, 0.1) is 32.6 Å². The van der Waals surface area contributed by atoms with Crippen molar-refractivity contribution in [2.75, 3.05) is 25.7 Å². The molecule has 5 heteroatoms. The maximum atomic E-state index is 12.6. The van der Waals surface area contributed by atoms with Crippen molar-refractivity contribution in [2.24, 2.45) is 0 Å². The summed E-state index contributed by atoms with van der Waals surface area (Å²) in [5, 5.41) is 0. The van der Waals surface area contributed by atoms with Gasteiger partial charge in [-0.05, 0) is 42.8 Å². The standard InChI is InChI=1S/C22H23NO4/c1-4-27-22(24)23-18(9-5-16-6-11-19(25-2)12-7-16)10-8-17-15-20(26-3)13-14-21(17)23/h5-15,18H,4H2,1-3H3/b9-5+/t18-/m0/s1. The van der Waals surface area contributed by atoms with Gasteiger partial charge < -0.3 is 14.2 Å². The van der Waals surface area contributed by atoms with E-state index in [2.05, 4.69) is 0 Å². The van der Waals surface area contributed by atoms with Crippen LogP contribution >= 0.6 is 0 Å². The third kappa shape index (κ3) is 4.14. The average Bonchev–Trinajstić information content (AvgIpc) is 2.71. The van der Waals surface area contributed by atoms with E-state index < -0.39 is 0 Å². The summed E-state index contributed by atoms with van der Waals surface area (Å²) in [5.74, 6) is 1.55. The highest BCUT2D eigenvalue weighted by Crippen LogP contribution is 2.33. The van der Waals surface area contributed by atoms with Crippen molar-refractivity contribution in [3.8, 4) is 11.5 Å². The minimum absolute atomic E-state index is 0.243. The Bertz CT molecular complexity index is 855. The van der Waals surface area contributed by atoms with Crippen LogP contribution in [-0.2, 0) is 4.74 Å². The highest BCUT2D eigenvalue weighted by Gasteiger charge is 2.28. The number of carbonyl (C=O) groups excluding carboxylic acids is 1. The molecule has 27 heavy (non-hydrogen) atoms. The van der Waals surface area contributed by atoms with Crippen LogP contribution in [0.25, 0.3) is 12.2 Å². The second-order valence-corrected chi connectivity index (χ2v) is 5.98. The van der Waals surface area contributed by atoms with Crippen LogP contribution in [0, 0.1) is 0 Å². The summed E-state index contributed by atoms with van der Waals surface area (Å²) in [6.07, 6.45) is 7.55. The first kappa shape index (κ1) is 18.6. The van der Waals surface area contributed by atoms with Crippen molar-refractivity contribution < 1.29 is 19.0 Å². The van der Waals surface area contributed by atoms with E-state index in [-0.39, 0.29) is 12.1 Å². The topological polar surface area (TPSA) is 48.0 Å². The molecule has 0 bridgehead atoms. The lowest BCUT2D eigenvalue weighted by atomic mass is 10.0. The molecule has 0 fully saturated rings. The van der Waals surface area contributed by atoms with Crippen LogP contribution < -0.4 is 14.4 Å². The molecule has 3 rings (SSSR count). The molecule has 5 nitrogen and oxygen atoms in total. The summed E-state index contributed by atoms with van der Waals surface area (Å²) >= 11 is 0. The van der Waals surface area contributed by atoms with Crippen molar-refractivity contribution in [1.29, 1.82) is 0 Å². The van der Waals surface area contributed by atoms with Crippen LogP contribution in [0.5, 0.6) is 11.5 Å². The third-order valence-electron chi connectivity index (χ3n) is 4.33. The van der Waals surface area contributed by atoms with E-state index in [9.17, 15) is 4.79 Å². The Kier molecular flexibility index (Phi) is 5.81. The Hall–Kier alpha value is -3.21. The summed E-state index contributed by atoms with van der Waals surface area (Å²) in [7, 11) is 3.26. The molecule has 0 saturated heterocycles. The van der Waals surface area contributed by atoms with Crippen LogP contribution in [-0.4, -0.2) is 33.0 Å². The van der Waals surface area contributed by atoms with Gasteiger partial charge in [0.2, 0.25) is 0 Å². The first-order valence-electron chi connectivity index (χ1n) is 8.80. The van der Waals surface area contributed by atoms with Crippen LogP contribution in [0.1, 0.15) is 18.1 Å². The van der Waals surface area contributed by atoms with Gasteiger partial charge in [0.25, 0.3) is 0 Å². The summed E-state index contributed by atoms with van der Waals surface area (Å²) in [6, 6.07) is 13.1. The van der Waals surface area contributed by atoms with Gasteiger partial charge in [-0.15, -0.1) is 0 Å². The monoisotopic (exact) mass is 365 g/mol. The molecule has 0 aromatic heterocycles. The molecule has 0 N–H and O–H groups in total. The minimum Gasteiger partial charge on any atom is -0.497 e. The van der Waals surface area contributed by atoms with Crippen LogP contribution in [0.3, 0.4) is 0 Å². The Morgan fingerprint density at radius 1 is 1.07 bits per heavy atom. The lowest BCUT2D eigenvalue weighted by Gasteiger charge is -2.31. The number of benzene rings is 2. The zero-order chi connectivity index (χ0) is 19.2. The molecule has 0 radical (unpaired) electrons. The van der Waals surface area contributed by atoms with Crippen molar-refractivity contribution >= 4 is 23.9 Å². The summed E-state index contributed by atoms with van der Waals surface area (Å²) in [4.78, 5) is 14.3. The number of ether oxygens (including phenoxy) is 3. The van der Waals surface area contributed by atoms with Crippen LogP contribution in [0.4, 0.5) is 10.5 Å². The normalized spacial score (nSPS) is 15.5. The Balaban J connectivity index is 1.90. The van der Waals surface area contributed by atoms with Gasteiger partial charge in [0.15, 0.2) is 0 Å². The van der Waals surface area contributed by atoms with Crippen molar-refractivity contribution in [2.45, 2.75) is 13.0 Å². The SMILES string of the molecule is CCOC(=O)N1c2ccc(OC)cc2C=C[C@@H]1/C=C/c1ccc(OC)cc1. The van der Waals surface area contributed by atoms with Gasteiger partial charge in [0.1, 0.15) is 11.5 Å². The summed E-state index contributed by atoms with van der Waals surface area (Å²) < 4.78 is 15.7. The molecule has 2 aromatic rings. The Morgan fingerprint density at radius 3 is 2.44 bits per heavy atom. The lowest BCUT2D eigenvalue weighted by molar-refractivity contribution is 0.159. The van der Waals surface area contributed by atoms with Crippen molar-refractivity contribution in [1.82, 2.24) is 0 Å². The number of nitrogens with zero attached hydrogens (tertiary/aromatic N) is 1. The summed E-state index contributed by atoms with van der Waals surface area (Å²) in [6.45, 7) is 2.12. The van der Waals surface area contributed by atoms with Crippen molar-refractivity contribution in [3.05, 3.63) is 65.7 Å². The lowest BCUT2D eigenvalue weighted by Crippen LogP contribution is -2.40. The molecule has 1 amide bonds. The van der Waals surface area contributed by atoms with E-state index in [1.807, 2.05) is 66.8 Å². The number of methoxy groups -OCH3 is 2. The molecule has 0 unspecified atom stereocenters. The maximum Gasteiger partial charge on any atom is 0.415 e. The van der Waals surface area contributed by atoms with Crippen molar-refractivity contribution in [3.63, 3.8) is 0 Å². The zero-order valence-corrected chi connectivity index (χ0v) is 15.7. The number of amides is 1. The van der Waals surface area contributed by atoms with Crippen LogP contribution in [0.15, 0.2) is 54.6 Å². The highest BCUT2D eigenvalue weighted by molar-refractivity contribution is 5.94. The zero-order valence-electron chi connectivity index (χ0n) is 15.7. The van der Waals surface area contributed by atoms with E-state index in [1.165, 1.54) is 0 Å². The average molecular weight is 365 g/mol. The number of carbonyl (C=O) groups is 1. The number of hydrogen-bond acceptors (Lipinski definition) is 4. The van der Waals surface area contributed by atoms with Gasteiger partial charge in [-0.2, -0.15) is 0 Å². The number of rotatable bonds is 5. The molecule has 0 aliphatic carbocycles. The predicted molar refractivity (Wildman–Crippen MR) is 107 cm³/mol. The molecule has 1 aliphatic rings. The smallest absolute Gasteiger partial charge is 0.415 e. The largest absolute Gasteiger partial charge is 0.497 e. The number of anilines is 1. The van der Waals surface area contributed by atoms with Gasteiger partial charge in [-0.25, -0.2) is 4.79 Å². The van der Waals surface area contributed by atoms with Gasteiger partial charge in [-0.3, -0.25) is 4.90 Å². The second-order valence-electron chi connectivity index (χ2n) is 5.98. The van der Waals surface area contributed by atoms with E-state index in [1.54, 1.807) is 26.0 Å². The predicted octanol–water partition coefficient (Wildman–Crippen LogP) is 4.78. The fourth-order valence-corrected chi connectivity index (χ4v) is 2.95. The van der Waals surface area contributed by atoms with Gasteiger partial charge >= 0.3 is 6.09 Å². The Labute approximate surface area is 159 Å². The molecule has 2 aromatic carbocycles. The summed E-state index contributed by atoms with van der Waals surface area (Å²) in [5.41, 5.74) is 2.73. The quantitative estimate of drug-likeness (QED) is 0.765. The first-order valence-corrected chi connectivity index (χ1v) is 8.80.